The van der Waals surface area contributed by atoms with Crippen molar-refractivity contribution in [1.29, 1.82) is 0 Å². The Morgan fingerprint density at radius 1 is 1.00 bits per heavy atom. The highest BCUT2D eigenvalue weighted by atomic mass is 13.9. The van der Waals surface area contributed by atoms with E-state index < -0.39 is 0 Å². The number of allylic oxidation sites excluding steroid dienone is 4. The first-order valence-electron chi connectivity index (χ1n) is 4.47. The highest BCUT2D eigenvalue weighted by molar-refractivity contribution is 4.83. The lowest BCUT2D eigenvalue weighted by atomic mass is 10.1. The molecule has 0 bridgehead atoms. The van der Waals surface area contributed by atoms with Crippen molar-refractivity contribution in [3.05, 3.63) is 31.2 Å². The lowest BCUT2D eigenvalue weighted by Gasteiger charge is -1.93. The Morgan fingerprint density at radius 2 is 1.64 bits per heavy atom. The van der Waals surface area contributed by atoms with Crippen LogP contribution in [-0.2, 0) is 0 Å². The van der Waals surface area contributed by atoms with Gasteiger partial charge in [0.2, 0.25) is 0 Å². The van der Waals surface area contributed by atoms with Gasteiger partial charge >= 0.3 is 0 Å². The average Bonchev–Trinajstić information content (AvgIpc) is 2.03. The maximum atomic E-state index is 3.64. The summed E-state index contributed by atoms with van der Waals surface area (Å²) in [6, 6.07) is 0. The van der Waals surface area contributed by atoms with E-state index in [-0.39, 0.29) is 0 Å². The van der Waals surface area contributed by atoms with Crippen LogP contribution >= 0.6 is 0 Å². The van der Waals surface area contributed by atoms with E-state index in [0.29, 0.717) is 0 Å². The van der Waals surface area contributed by atoms with E-state index in [1.165, 1.54) is 32.1 Å². The largest absolute Gasteiger partial charge is 0.0917 e. The number of rotatable bonds is 6. The molecule has 0 atom stereocenters. The molecule has 11 heavy (non-hydrogen) atoms. The summed E-state index contributed by atoms with van der Waals surface area (Å²) in [5.74, 6) is 0. The number of hydrogen-bond donors (Lipinski definition) is 0. The van der Waals surface area contributed by atoms with Crippen molar-refractivity contribution in [3.63, 3.8) is 0 Å². The van der Waals surface area contributed by atoms with Gasteiger partial charge in [-0.2, -0.15) is 0 Å². The second-order valence-electron chi connectivity index (χ2n) is 2.68. The molecule has 0 aromatic rings. The predicted molar refractivity (Wildman–Crippen MR) is 52.4 cm³/mol. The van der Waals surface area contributed by atoms with Gasteiger partial charge in [-0.15, -0.1) is 0 Å². The van der Waals surface area contributed by atoms with Crippen molar-refractivity contribution in [2.24, 2.45) is 0 Å². The van der Waals surface area contributed by atoms with Crippen LogP contribution in [0, 0.1) is 6.92 Å². The van der Waals surface area contributed by atoms with Gasteiger partial charge in [-0.3, -0.25) is 0 Å². The molecule has 0 N–H and O–H groups in total. The minimum Gasteiger partial charge on any atom is -0.0917 e. The van der Waals surface area contributed by atoms with Crippen molar-refractivity contribution < 1.29 is 0 Å². The molecule has 0 amide bonds. The van der Waals surface area contributed by atoms with Crippen molar-refractivity contribution >= 4 is 0 Å². The molecule has 0 heterocycles. The first kappa shape index (κ1) is 10.5. The summed E-state index contributed by atoms with van der Waals surface area (Å²) in [5.41, 5.74) is 0. The minimum absolute atomic E-state index is 1.19. The second kappa shape index (κ2) is 9.48. The quantitative estimate of drug-likeness (QED) is 0.399. The van der Waals surface area contributed by atoms with E-state index in [1.54, 1.807) is 0 Å². The summed E-state index contributed by atoms with van der Waals surface area (Å²) in [4.78, 5) is 0. The summed E-state index contributed by atoms with van der Waals surface area (Å²) >= 11 is 0. The zero-order chi connectivity index (χ0) is 8.36. The molecule has 0 aromatic carbocycles. The maximum absolute atomic E-state index is 3.64. The van der Waals surface area contributed by atoms with E-state index >= 15 is 0 Å². The van der Waals surface area contributed by atoms with E-state index in [0.717, 1.165) is 0 Å². The van der Waals surface area contributed by atoms with Crippen molar-refractivity contribution in [1.82, 2.24) is 0 Å². The molecule has 63 valence electrons. The first-order chi connectivity index (χ1) is 5.41. The van der Waals surface area contributed by atoms with Gasteiger partial charge in [0.25, 0.3) is 0 Å². The molecule has 0 unspecified atom stereocenters. The molecule has 0 rings (SSSR count). The van der Waals surface area contributed by atoms with Crippen molar-refractivity contribution in [3.8, 4) is 0 Å². The third-order valence-electron chi connectivity index (χ3n) is 1.64. The van der Waals surface area contributed by atoms with Gasteiger partial charge in [0, 0.05) is 0 Å². The van der Waals surface area contributed by atoms with Crippen LogP contribution < -0.4 is 0 Å². The SMILES string of the molecule is [CH2]C=CCCCCCC=CC. The first-order valence-corrected chi connectivity index (χ1v) is 4.47. The van der Waals surface area contributed by atoms with Crippen LogP contribution in [0.4, 0.5) is 0 Å². The Balaban J connectivity index is 2.90. The van der Waals surface area contributed by atoms with E-state index in [9.17, 15) is 0 Å². The van der Waals surface area contributed by atoms with Gasteiger partial charge in [0.05, 0.1) is 0 Å². The average molecular weight is 151 g/mol. The highest BCUT2D eigenvalue weighted by Gasteiger charge is 1.84. The van der Waals surface area contributed by atoms with E-state index in [1.807, 2.05) is 6.08 Å². The Kier molecular flexibility index (Phi) is 9.03. The Hall–Kier alpha value is -0.520. The van der Waals surface area contributed by atoms with Crippen LogP contribution in [-0.4, -0.2) is 0 Å². The predicted octanol–water partition coefficient (Wildman–Crippen LogP) is 3.90. The molecule has 1 radical (unpaired) electrons. The topological polar surface area (TPSA) is 0 Å². The highest BCUT2D eigenvalue weighted by Crippen LogP contribution is 2.03. The fourth-order valence-corrected chi connectivity index (χ4v) is 0.986. The summed E-state index contributed by atoms with van der Waals surface area (Å²) in [6.07, 6.45) is 14.8. The fourth-order valence-electron chi connectivity index (χ4n) is 0.986. The van der Waals surface area contributed by atoms with Crippen molar-refractivity contribution in [2.45, 2.75) is 39.0 Å². The van der Waals surface area contributed by atoms with Gasteiger partial charge in [0.1, 0.15) is 0 Å². The van der Waals surface area contributed by atoms with E-state index in [4.69, 9.17) is 0 Å². The van der Waals surface area contributed by atoms with Gasteiger partial charge in [-0.25, -0.2) is 0 Å². The molecule has 0 spiro atoms. The molecule has 0 aromatic heterocycles. The van der Waals surface area contributed by atoms with Crippen LogP contribution in [0.2, 0.25) is 0 Å². The zero-order valence-corrected chi connectivity index (χ0v) is 7.55. The molecular formula is C11H19. The summed E-state index contributed by atoms with van der Waals surface area (Å²) < 4.78 is 0. The standard InChI is InChI=1S/C11H19/c1-3-5-7-9-11-10-8-6-4-2/h3-6H,1,7-11H2,2H3. The Bertz CT molecular complexity index is 95.2. The minimum atomic E-state index is 1.19. The molecule has 0 fully saturated rings. The van der Waals surface area contributed by atoms with Crippen LogP contribution in [0.1, 0.15) is 39.0 Å². The molecule has 0 aliphatic heterocycles. The Labute approximate surface area is 71.0 Å². The van der Waals surface area contributed by atoms with Crippen LogP contribution in [0.3, 0.4) is 0 Å². The number of unbranched alkanes of at least 4 members (excludes halogenated alkanes) is 4. The smallest absolute Gasteiger partial charge is 0.0316 e. The summed E-state index contributed by atoms with van der Waals surface area (Å²) in [6.45, 7) is 5.72. The maximum Gasteiger partial charge on any atom is -0.0316 e. The third-order valence-corrected chi connectivity index (χ3v) is 1.64. The molecule has 0 saturated carbocycles. The lowest BCUT2D eigenvalue weighted by Crippen LogP contribution is -1.74. The fraction of sp³-hybridized carbons (Fsp3) is 0.545. The monoisotopic (exact) mass is 151 g/mol. The van der Waals surface area contributed by atoms with Crippen LogP contribution in [0.15, 0.2) is 24.3 Å². The van der Waals surface area contributed by atoms with Gasteiger partial charge < -0.3 is 0 Å². The van der Waals surface area contributed by atoms with E-state index in [2.05, 4.69) is 32.1 Å². The molecule has 0 aliphatic rings. The Morgan fingerprint density at radius 3 is 2.18 bits per heavy atom. The number of hydrogen-bond acceptors (Lipinski definition) is 0. The van der Waals surface area contributed by atoms with Crippen LogP contribution in [0.25, 0.3) is 0 Å². The molecule has 0 nitrogen and oxygen atoms in total. The molecule has 0 aliphatic carbocycles. The van der Waals surface area contributed by atoms with Gasteiger partial charge in [-0.05, 0) is 39.5 Å². The zero-order valence-electron chi connectivity index (χ0n) is 7.55. The third kappa shape index (κ3) is 9.48. The molecular weight excluding hydrogens is 132 g/mol. The molecule has 0 saturated heterocycles. The normalized spacial score (nSPS) is 11.8. The second-order valence-corrected chi connectivity index (χ2v) is 2.68. The molecule has 0 heteroatoms. The van der Waals surface area contributed by atoms with Crippen molar-refractivity contribution in [2.75, 3.05) is 0 Å². The van der Waals surface area contributed by atoms with Gasteiger partial charge in [-0.1, -0.05) is 30.7 Å². The lowest BCUT2D eigenvalue weighted by molar-refractivity contribution is 0.696. The summed E-state index contributed by atoms with van der Waals surface area (Å²) in [7, 11) is 0. The summed E-state index contributed by atoms with van der Waals surface area (Å²) in [5, 5.41) is 0. The van der Waals surface area contributed by atoms with Gasteiger partial charge in [0.15, 0.2) is 0 Å². The van der Waals surface area contributed by atoms with Crippen LogP contribution in [0.5, 0.6) is 0 Å².